The van der Waals surface area contributed by atoms with Crippen LogP contribution in [-0.2, 0) is 14.8 Å². The maximum Gasteiger partial charge on any atom is 0.253 e. The molecule has 1 aromatic carbocycles. The van der Waals surface area contributed by atoms with Crippen molar-refractivity contribution in [2.24, 2.45) is 0 Å². The second-order valence-corrected chi connectivity index (χ2v) is 7.61. The Labute approximate surface area is 149 Å². The zero-order chi connectivity index (χ0) is 18.3. The summed E-state index contributed by atoms with van der Waals surface area (Å²) in [5, 5.41) is 3.01. The summed E-state index contributed by atoms with van der Waals surface area (Å²) in [6, 6.07) is 4.01. The van der Waals surface area contributed by atoms with Crippen LogP contribution in [0.15, 0.2) is 23.1 Å². The lowest BCUT2D eigenvalue weighted by Crippen LogP contribution is -2.37. The van der Waals surface area contributed by atoms with Crippen LogP contribution in [-0.4, -0.2) is 51.5 Å². The zero-order valence-corrected chi connectivity index (χ0v) is 16.1. The van der Waals surface area contributed by atoms with Crippen molar-refractivity contribution in [2.75, 3.05) is 26.8 Å². The molecule has 0 fully saturated rings. The lowest BCUT2D eigenvalue weighted by molar-refractivity contribution is 0.0894. The van der Waals surface area contributed by atoms with Gasteiger partial charge in [0.25, 0.3) is 5.91 Å². The van der Waals surface area contributed by atoms with E-state index in [0.29, 0.717) is 26.1 Å². The van der Waals surface area contributed by atoms with Gasteiger partial charge in [-0.25, -0.2) is 8.42 Å². The maximum absolute atomic E-state index is 12.6. The first-order valence-electron chi connectivity index (χ1n) is 7.91. The highest BCUT2D eigenvalue weighted by molar-refractivity contribution is 7.89. The first-order chi connectivity index (χ1) is 11.3. The van der Waals surface area contributed by atoms with Crippen LogP contribution in [0.2, 0.25) is 5.02 Å². The second kappa shape index (κ2) is 9.36. The number of benzene rings is 1. The maximum atomic E-state index is 12.6. The van der Waals surface area contributed by atoms with Crippen LogP contribution in [0.5, 0.6) is 0 Å². The molecule has 1 rings (SSSR count). The zero-order valence-electron chi connectivity index (χ0n) is 14.5. The Morgan fingerprint density at radius 2 is 1.92 bits per heavy atom. The highest BCUT2D eigenvalue weighted by atomic mass is 35.5. The average Bonchev–Trinajstić information content (AvgIpc) is 2.55. The van der Waals surface area contributed by atoms with Gasteiger partial charge in [0.15, 0.2) is 0 Å². The molecule has 1 unspecified atom stereocenters. The molecular weight excluding hydrogens is 352 g/mol. The number of rotatable bonds is 9. The van der Waals surface area contributed by atoms with Gasteiger partial charge in [-0.1, -0.05) is 32.4 Å². The molecule has 0 bridgehead atoms. The number of nitrogens with one attached hydrogen (secondary N) is 1. The fraction of sp³-hybridized carbons (Fsp3) is 0.562. The van der Waals surface area contributed by atoms with E-state index in [4.69, 9.17) is 16.3 Å². The van der Waals surface area contributed by atoms with Crippen molar-refractivity contribution in [1.29, 1.82) is 0 Å². The van der Waals surface area contributed by atoms with Crippen molar-refractivity contribution in [3.05, 3.63) is 28.8 Å². The molecule has 0 aliphatic carbocycles. The summed E-state index contributed by atoms with van der Waals surface area (Å²) in [6.45, 7) is 6.54. The Morgan fingerprint density at radius 1 is 1.29 bits per heavy atom. The summed E-state index contributed by atoms with van der Waals surface area (Å²) >= 11 is 6.09. The SMILES string of the molecule is CCC(COC)NC(=O)c1cc(S(=O)(=O)N(CC)CC)ccc1Cl. The van der Waals surface area contributed by atoms with E-state index < -0.39 is 15.9 Å². The molecule has 6 nitrogen and oxygen atoms in total. The molecule has 8 heteroatoms. The van der Waals surface area contributed by atoms with Gasteiger partial charge >= 0.3 is 0 Å². The van der Waals surface area contributed by atoms with E-state index in [-0.39, 0.29) is 21.5 Å². The Bertz CT molecular complexity index is 660. The molecule has 1 aromatic rings. The summed E-state index contributed by atoms with van der Waals surface area (Å²) < 4.78 is 31.6. The minimum absolute atomic E-state index is 0.0561. The highest BCUT2D eigenvalue weighted by Gasteiger charge is 2.24. The van der Waals surface area contributed by atoms with Crippen molar-refractivity contribution in [2.45, 2.75) is 38.1 Å². The van der Waals surface area contributed by atoms with Crippen LogP contribution in [0.4, 0.5) is 0 Å². The smallest absolute Gasteiger partial charge is 0.253 e. The molecular formula is C16H25ClN2O4S. The average molecular weight is 377 g/mol. The first kappa shape index (κ1) is 20.9. The van der Waals surface area contributed by atoms with Crippen molar-refractivity contribution >= 4 is 27.5 Å². The molecule has 0 spiro atoms. The largest absolute Gasteiger partial charge is 0.383 e. The number of nitrogens with zero attached hydrogens (tertiary/aromatic N) is 1. The van der Waals surface area contributed by atoms with E-state index in [1.807, 2.05) is 6.92 Å². The molecule has 0 saturated heterocycles. The Hall–Kier alpha value is -1.15. The standard InChI is InChI=1S/C16H25ClN2O4S/c1-5-12(11-23-4)18-16(20)14-10-13(8-9-15(14)17)24(21,22)19(6-2)7-3/h8-10,12H,5-7,11H2,1-4H3,(H,18,20). The fourth-order valence-electron chi connectivity index (χ4n) is 2.28. The monoisotopic (exact) mass is 376 g/mol. The number of methoxy groups -OCH3 is 1. The third-order valence-corrected chi connectivity index (χ3v) is 6.10. The fourth-order valence-corrected chi connectivity index (χ4v) is 3.97. The number of halogens is 1. The minimum atomic E-state index is -3.65. The molecule has 1 atom stereocenters. The molecule has 0 radical (unpaired) electrons. The van der Waals surface area contributed by atoms with Crippen LogP contribution < -0.4 is 5.32 Å². The molecule has 0 saturated carbocycles. The van der Waals surface area contributed by atoms with Gasteiger partial charge in [-0.05, 0) is 24.6 Å². The second-order valence-electron chi connectivity index (χ2n) is 5.26. The molecule has 0 aromatic heterocycles. The lowest BCUT2D eigenvalue weighted by atomic mass is 10.1. The normalized spacial score (nSPS) is 13.1. The van der Waals surface area contributed by atoms with Crippen LogP contribution in [0, 0.1) is 0 Å². The van der Waals surface area contributed by atoms with Crippen LogP contribution in [0.3, 0.4) is 0 Å². The number of carbonyl (C=O) groups excluding carboxylic acids is 1. The molecule has 24 heavy (non-hydrogen) atoms. The predicted molar refractivity (Wildman–Crippen MR) is 95.0 cm³/mol. The van der Waals surface area contributed by atoms with Crippen molar-refractivity contribution < 1.29 is 17.9 Å². The van der Waals surface area contributed by atoms with E-state index in [0.717, 1.165) is 0 Å². The van der Waals surface area contributed by atoms with Crippen molar-refractivity contribution in [3.63, 3.8) is 0 Å². The van der Waals surface area contributed by atoms with E-state index in [1.165, 1.54) is 22.5 Å². The van der Waals surface area contributed by atoms with E-state index in [1.54, 1.807) is 21.0 Å². The van der Waals surface area contributed by atoms with Crippen LogP contribution >= 0.6 is 11.6 Å². The number of sulfonamides is 1. The van der Waals surface area contributed by atoms with Gasteiger partial charge in [-0.15, -0.1) is 0 Å². The Balaban J connectivity index is 3.16. The molecule has 0 aliphatic heterocycles. The van der Waals surface area contributed by atoms with Gasteiger partial charge < -0.3 is 10.1 Å². The predicted octanol–water partition coefficient (Wildman–Crippen LogP) is 2.53. The summed E-state index contributed by atoms with van der Waals surface area (Å²) in [4.78, 5) is 12.5. The van der Waals surface area contributed by atoms with Gasteiger partial charge in [0.1, 0.15) is 0 Å². The Kier molecular flexibility index (Phi) is 8.15. The molecule has 0 aliphatic rings. The van der Waals surface area contributed by atoms with Gasteiger partial charge in [-0.2, -0.15) is 4.31 Å². The van der Waals surface area contributed by atoms with Crippen LogP contribution in [0.1, 0.15) is 37.6 Å². The van der Waals surface area contributed by atoms with E-state index >= 15 is 0 Å². The van der Waals surface area contributed by atoms with Crippen molar-refractivity contribution in [1.82, 2.24) is 9.62 Å². The summed E-state index contributed by atoms with van der Waals surface area (Å²) in [7, 11) is -2.09. The van der Waals surface area contributed by atoms with Gasteiger partial charge in [-0.3, -0.25) is 4.79 Å². The number of ether oxygens (including phenoxy) is 1. The number of amides is 1. The van der Waals surface area contributed by atoms with Crippen molar-refractivity contribution in [3.8, 4) is 0 Å². The number of hydrogen-bond acceptors (Lipinski definition) is 4. The van der Waals surface area contributed by atoms with Gasteiger partial charge in [0, 0.05) is 20.2 Å². The lowest BCUT2D eigenvalue weighted by Gasteiger charge is -2.20. The molecule has 136 valence electrons. The highest BCUT2D eigenvalue weighted by Crippen LogP contribution is 2.23. The number of carbonyl (C=O) groups is 1. The van der Waals surface area contributed by atoms with Gasteiger partial charge in [0.05, 0.1) is 28.1 Å². The van der Waals surface area contributed by atoms with E-state index in [2.05, 4.69) is 5.32 Å². The van der Waals surface area contributed by atoms with Gasteiger partial charge in [0.2, 0.25) is 10.0 Å². The molecule has 1 N–H and O–H groups in total. The third-order valence-electron chi connectivity index (χ3n) is 3.72. The molecule has 1 amide bonds. The minimum Gasteiger partial charge on any atom is -0.383 e. The Morgan fingerprint density at radius 3 is 2.42 bits per heavy atom. The summed E-state index contributed by atoms with van der Waals surface area (Å²) in [5.41, 5.74) is 0.138. The third kappa shape index (κ3) is 4.92. The quantitative estimate of drug-likeness (QED) is 0.718. The molecule has 0 heterocycles. The first-order valence-corrected chi connectivity index (χ1v) is 9.73. The topological polar surface area (TPSA) is 75.7 Å². The van der Waals surface area contributed by atoms with Crippen LogP contribution in [0.25, 0.3) is 0 Å². The summed E-state index contributed by atoms with van der Waals surface area (Å²) in [5.74, 6) is -0.416. The summed E-state index contributed by atoms with van der Waals surface area (Å²) in [6.07, 6.45) is 0.689. The van der Waals surface area contributed by atoms with E-state index in [9.17, 15) is 13.2 Å². The number of hydrogen-bond donors (Lipinski definition) is 1.